The highest BCUT2D eigenvalue weighted by Gasteiger charge is 2.16. The Labute approximate surface area is 54.1 Å². The molecule has 0 fully saturated rings. The number of hydrogen-bond acceptors (Lipinski definition) is 3. The largest absolute Gasteiger partial charge is 0.491 e. The van der Waals surface area contributed by atoms with Crippen molar-refractivity contribution in [1.29, 1.82) is 0 Å². The summed E-state index contributed by atoms with van der Waals surface area (Å²) in [5, 5.41) is 8.75. The lowest BCUT2D eigenvalue weighted by Crippen LogP contribution is -2.22. The van der Waals surface area contributed by atoms with Crippen molar-refractivity contribution in [2.75, 3.05) is 0 Å². The van der Waals surface area contributed by atoms with Crippen LogP contribution in [-0.2, 0) is 4.74 Å². The van der Waals surface area contributed by atoms with Crippen LogP contribution in [0.25, 0.3) is 0 Å². The van der Waals surface area contributed by atoms with Gasteiger partial charge in [0.05, 0.1) is 6.10 Å². The number of hydrogen-bond donors (Lipinski definition) is 2. The Balaban J connectivity index is 2.45. The van der Waals surface area contributed by atoms with E-state index in [2.05, 4.69) is 0 Å². The molecule has 2 atom stereocenters. The molecule has 0 spiro atoms. The molecule has 0 aromatic carbocycles. The van der Waals surface area contributed by atoms with E-state index in [0.29, 0.717) is 5.76 Å². The quantitative estimate of drug-likeness (QED) is 0.488. The first-order valence-corrected chi connectivity index (χ1v) is 3.00. The highest BCUT2D eigenvalue weighted by Crippen LogP contribution is 2.16. The van der Waals surface area contributed by atoms with Crippen LogP contribution in [0.15, 0.2) is 11.8 Å². The average molecular weight is 129 g/mol. The predicted molar refractivity (Wildman–Crippen MR) is 33.4 cm³/mol. The topological polar surface area (TPSA) is 55.5 Å². The molecule has 1 aliphatic heterocycles. The number of aliphatic hydroxyl groups is 1. The summed E-state index contributed by atoms with van der Waals surface area (Å²) in [5.41, 5.74) is 5.12. The van der Waals surface area contributed by atoms with Crippen LogP contribution < -0.4 is 5.73 Å². The maximum Gasteiger partial charge on any atom is 0.160 e. The standard InChI is InChI=1S/C6H11NO2/c1-4-2-3-5(9-4)6(7)8/h3-4,6,8H,2,7H2,1H3. The fourth-order valence-electron chi connectivity index (χ4n) is 0.801. The summed E-state index contributed by atoms with van der Waals surface area (Å²) in [4.78, 5) is 0. The molecule has 0 aliphatic carbocycles. The molecule has 0 aromatic heterocycles. The number of rotatable bonds is 1. The van der Waals surface area contributed by atoms with Crippen molar-refractivity contribution in [3.63, 3.8) is 0 Å². The molecular formula is C6H11NO2. The Bertz CT molecular complexity index is 131. The summed E-state index contributed by atoms with van der Waals surface area (Å²) < 4.78 is 5.11. The fraction of sp³-hybridized carbons (Fsp3) is 0.667. The molecule has 0 saturated carbocycles. The summed E-state index contributed by atoms with van der Waals surface area (Å²) in [7, 11) is 0. The van der Waals surface area contributed by atoms with Gasteiger partial charge < -0.3 is 9.84 Å². The molecule has 3 nitrogen and oxygen atoms in total. The van der Waals surface area contributed by atoms with Crippen molar-refractivity contribution in [3.05, 3.63) is 11.8 Å². The monoisotopic (exact) mass is 129 g/mol. The van der Waals surface area contributed by atoms with E-state index in [-0.39, 0.29) is 6.10 Å². The number of ether oxygens (including phenoxy) is 1. The first-order valence-electron chi connectivity index (χ1n) is 3.00. The first-order chi connectivity index (χ1) is 4.20. The molecule has 0 radical (unpaired) electrons. The van der Waals surface area contributed by atoms with Crippen LogP contribution in [0.2, 0.25) is 0 Å². The lowest BCUT2D eigenvalue weighted by atomic mass is 10.3. The normalized spacial score (nSPS) is 29.2. The molecule has 1 aliphatic rings. The third kappa shape index (κ3) is 1.43. The second-order valence-electron chi connectivity index (χ2n) is 2.22. The molecule has 1 heterocycles. The smallest absolute Gasteiger partial charge is 0.160 e. The molecule has 0 saturated heterocycles. The van der Waals surface area contributed by atoms with Gasteiger partial charge in [0.1, 0.15) is 5.76 Å². The lowest BCUT2D eigenvalue weighted by molar-refractivity contribution is 0.0849. The van der Waals surface area contributed by atoms with Crippen molar-refractivity contribution in [3.8, 4) is 0 Å². The van der Waals surface area contributed by atoms with Gasteiger partial charge in [0.25, 0.3) is 0 Å². The van der Waals surface area contributed by atoms with E-state index in [0.717, 1.165) is 6.42 Å². The summed E-state index contributed by atoms with van der Waals surface area (Å²) in [6.45, 7) is 1.94. The Kier molecular flexibility index (Phi) is 1.73. The molecule has 3 heteroatoms. The SMILES string of the molecule is CC1CC=C(C(N)O)O1. The molecule has 1 rings (SSSR count). The van der Waals surface area contributed by atoms with Crippen LogP contribution >= 0.6 is 0 Å². The number of nitrogens with two attached hydrogens (primary N) is 1. The minimum absolute atomic E-state index is 0.179. The van der Waals surface area contributed by atoms with E-state index < -0.39 is 6.23 Å². The van der Waals surface area contributed by atoms with Crippen LogP contribution in [-0.4, -0.2) is 17.4 Å². The van der Waals surface area contributed by atoms with E-state index in [1.807, 2.05) is 13.0 Å². The maximum atomic E-state index is 8.75. The summed E-state index contributed by atoms with van der Waals surface area (Å²) in [6.07, 6.45) is 1.91. The van der Waals surface area contributed by atoms with Gasteiger partial charge in [-0.2, -0.15) is 0 Å². The molecule has 0 aromatic rings. The van der Waals surface area contributed by atoms with E-state index in [1.165, 1.54) is 0 Å². The Morgan fingerprint density at radius 2 is 2.67 bits per heavy atom. The minimum Gasteiger partial charge on any atom is -0.491 e. The molecule has 0 amide bonds. The van der Waals surface area contributed by atoms with Gasteiger partial charge in [0.2, 0.25) is 0 Å². The van der Waals surface area contributed by atoms with Gasteiger partial charge in [-0.3, -0.25) is 5.73 Å². The second-order valence-corrected chi connectivity index (χ2v) is 2.22. The van der Waals surface area contributed by atoms with Gasteiger partial charge in [-0.25, -0.2) is 0 Å². The summed E-state index contributed by atoms with van der Waals surface area (Å²) in [5.74, 6) is 0.502. The van der Waals surface area contributed by atoms with Crippen molar-refractivity contribution in [1.82, 2.24) is 0 Å². The highest BCUT2D eigenvalue weighted by molar-refractivity contribution is 5.03. The maximum absolute atomic E-state index is 8.75. The highest BCUT2D eigenvalue weighted by atomic mass is 16.5. The van der Waals surface area contributed by atoms with Crippen LogP contribution in [0, 0.1) is 0 Å². The van der Waals surface area contributed by atoms with E-state index >= 15 is 0 Å². The van der Waals surface area contributed by atoms with Gasteiger partial charge >= 0.3 is 0 Å². The van der Waals surface area contributed by atoms with E-state index in [9.17, 15) is 0 Å². The lowest BCUT2D eigenvalue weighted by Gasteiger charge is -2.09. The predicted octanol–water partition coefficient (Wildman–Crippen LogP) is -0.0438. The van der Waals surface area contributed by atoms with Crippen molar-refractivity contribution >= 4 is 0 Å². The van der Waals surface area contributed by atoms with Gasteiger partial charge in [0.15, 0.2) is 6.23 Å². The number of aliphatic hydroxyl groups excluding tert-OH is 1. The van der Waals surface area contributed by atoms with Crippen molar-refractivity contribution in [2.45, 2.75) is 25.7 Å². The summed E-state index contributed by atoms with van der Waals surface area (Å²) >= 11 is 0. The third-order valence-corrected chi connectivity index (χ3v) is 1.28. The molecule has 9 heavy (non-hydrogen) atoms. The van der Waals surface area contributed by atoms with Gasteiger partial charge in [-0.1, -0.05) is 0 Å². The van der Waals surface area contributed by atoms with Crippen molar-refractivity contribution in [2.24, 2.45) is 5.73 Å². The van der Waals surface area contributed by atoms with Crippen LogP contribution in [0.4, 0.5) is 0 Å². The Hall–Kier alpha value is -0.540. The average Bonchev–Trinajstić information content (AvgIpc) is 2.14. The van der Waals surface area contributed by atoms with E-state index in [1.54, 1.807) is 0 Å². The van der Waals surface area contributed by atoms with Gasteiger partial charge in [-0.05, 0) is 13.0 Å². The zero-order valence-electron chi connectivity index (χ0n) is 5.37. The Morgan fingerprint density at radius 1 is 2.00 bits per heavy atom. The fourth-order valence-corrected chi connectivity index (χ4v) is 0.801. The minimum atomic E-state index is -0.935. The molecule has 0 bridgehead atoms. The zero-order chi connectivity index (χ0) is 6.85. The summed E-state index contributed by atoms with van der Waals surface area (Å²) in [6, 6.07) is 0. The molecule has 2 unspecified atom stereocenters. The zero-order valence-corrected chi connectivity index (χ0v) is 5.37. The second kappa shape index (κ2) is 2.37. The first kappa shape index (κ1) is 6.58. The Morgan fingerprint density at radius 3 is 2.89 bits per heavy atom. The third-order valence-electron chi connectivity index (χ3n) is 1.28. The van der Waals surface area contributed by atoms with Crippen LogP contribution in [0.3, 0.4) is 0 Å². The molecule has 3 N–H and O–H groups in total. The molecular weight excluding hydrogens is 118 g/mol. The van der Waals surface area contributed by atoms with Crippen molar-refractivity contribution < 1.29 is 9.84 Å². The van der Waals surface area contributed by atoms with Gasteiger partial charge in [-0.15, -0.1) is 0 Å². The van der Waals surface area contributed by atoms with E-state index in [4.69, 9.17) is 15.6 Å². The van der Waals surface area contributed by atoms with Crippen LogP contribution in [0.5, 0.6) is 0 Å². The molecule has 52 valence electrons. The van der Waals surface area contributed by atoms with Gasteiger partial charge in [0, 0.05) is 6.42 Å². The van der Waals surface area contributed by atoms with Crippen LogP contribution in [0.1, 0.15) is 13.3 Å².